The zero-order valence-corrected chi connectivity index (χ0v) is 36.8. The molecule has 0 fully saturated rings. The van der Waals surface area contributed by atoms with Crippen molar-refractivity contribution < 1.29 is 4.42 Å². The van der Waals surface area contributed by atoms with Crippen LogP contribution in [0.3, 0.4) is 0 Å². The Hall–Kier alpha value is -9.19. The van der Waals surface area contributed by atoms with Crippen LogP contribution in [0.15, 0.2) is 247 Å². The van der Waals surface area contributed by atoms with Crippen LogP contribution in [0.5, 0.6) is 0 Å². The van der Waals surface area contributed by atoms with E-state index in [1.807, 2.05) is 36.4 Å². The van der Waals surface area contributed by atoms with Crippen molar-refractivity contribution in [3.63, 3.8) is 0 Å². The van der Waals surface area contributed by atoms with Crippen molar-refractivity contribution in [3.05, 3.63) is 243 Å². The molecule has 13 aromatic rings. The topological polar surface area (TPSA) is 56.7 Å². The lowest BCUT2D eigenvalue weighted by atomic mass is 9.89. The van der Waals surface area contributed by atoms with Crippen LogP contribution in [-0.2, 0) is 0 Å². The Morgan fingerprint density at radius 2 is 0.779 bits per heavy atom. The van der Waals surface area contributed by atoms with Crippen LogP contribution in [-0.4, -0.2) is 19.5 Å². The third-order valence-electron chi connectivity index (χ3n) is 13.1. The second kappa shape index (κ2) is 16.4. The largest absolute Gasteiger partial charge is 0.455 e. The van der Waals surface area contributed by atoms with Gasteiger partial charge in [-0.15, -0.1) is 0 Å². The highest BCUT2D eigenvalue weighted by Crippen LogP contribution is 2.46. The minimum Gasteiger partial charge on any atom is -0.455 e. The van der Waals surface area contributed by atoms with Crippen LogP contribution in [0.25, 0.3) is 128 Å². The number of fused-ring (bicyclic) bond motifs is 7. The molecule has 0 amide bonds. The van der Waals surface area contributed by atoms with Gasteiger partial charge in [0.05, 0.1) is 16.4 Å². The highest BCUT2D eigenvalue weighted by molar-refractivity contribution is 6.25. The Balaban J connectivity index is 1.07. The zero-order valence-electron chi connectivity index (χ0n) is 36.8. The molecule has 5 nitrogen and oxygen atoms in total. The molecule has 0 spiro atoms. The third-order valence-corrected chi connectivity index (χ3v) is 13.1. The van der Waals surface area contributed by atoms with Gasteiger partial charge in [-0.1, -0.05) is 200 Å². The van der Waals surface area contributed by atoms with Gasteiger partial charge in [0.25, 0.3) is 0 Å². The number of rotatable bonds is 8. The van der Waals surface area contributed by atoms with E-state index in [1.165, 1.54) is 11.1 Å². The van der Waals surface area contributed by atoms with Crippen molar-refractivity contribution >= 4 is 43.7 Å². The molecule has 0 unspecified atom stereocenters. The summed E-state index contributed by atoms with van der Waals surface area (Å²) in [6.45, 7) is 0. The average molecular weight is 869 g/mol. The maximum atomic E-state index is 7.25. The van der Waals surface area contributed by atoms with Gasteiger partial charge in [-0.3, -0.25) is 0 Å². The molecular weight excluding hydrogens is 829 g/mol. The fraction of sp³-hybridized carbons (Fsp3) is 0. The third kappa shape index (κ3) is 6.68. The molecule has 13 rings (SSSR count). The molecule has 0 saturated carbocycles. The van der Waals surface area contributed by atoms with Crippen molar-refractivity contribution in [2.24, 2.45) is 0 Å². The fourth-order valence-electron chi connectivity index (χ4n) is 9.90. The van der Waals surface area contributed by atoms with E-state index in [9.17, 15) is 0 Å². The maximum Gasteiger partial charge on any atom is 0.164 e. The number of hydrogen-bond acceptors (Lipinski definition) is 4. The smallest absolute Gasteiger partial charge is 0.164 e. The predicted molar refractivity (Wildman–Crippen MR) is 279 cm³/mol. The van der Waals surface area contributed by atoms with E-state index in [2.05, 4.69) is 211 Å². The summed E-state index contributed by atoms with van der Waals surface area (Å²) in [7, 11) is 0. The molecule has 0 atom stereocenters. The van der Waals surface area contributed by atoms with E-state index in [0.717, 1.165) is 99.5 Å². The molecule has 0 radical (unpaired) electrons. The van der Waals surface area contributed by atoms with Gasteiger partial charge >= 0.3 is 0 Å². The summed E-state index contributed by atoms with van der Waals surface area (Å²) in [4.78, 5) is 15.7. The molecule has 0 bridgehead atoms. The number of furan rings is 1. The van der Waals surface area contributed by atoms with E-state index in [0.29, 0.717) is 17.5 Å². The Morgan fingerprint density at radius 1 is 0.279 bits per heavy atom. The SMILES string of the molecule is c1ccc(-c2nc(-c3ccccc3)nc(-c3cc(-c4ccc(-c5ccccc5)c(-c5ccccc5)c4)ccc3-c3cccc4c3oc3c4ccc4c3c3ccccc3n4-c3ccccc3)n2)cc1. The van der Waals surface area contributed by atoms with Crippen molar-refractivity contribution in [1.29, 1.82) is 0 Å². The van der Waals surface area contributed by atoms with Crippen LogP contribution in [0.4, 0.5) is 0 Å². The van der Waals surface area contributed by atoms with Gasteiger partial charge in [-0.25, -0.2) is 15.0 Å². The monoisotopic (exact) mass is 868 g/mol. The lowest BCUT2D eigenvalue weighted by Crippen LogP contribution is -2.01. The normalized spacial score (nSPS) is 11.5. The lowest BCUT2D eigenvalue weighted by molar-refractivity contribution is 0.674. The van der Waals surface area contributed by atoms with Gasteiger partial charge in [0, 0.05) is 44.1 Å². The first-order valence-corrected chi connectivity index (χ1v) is 22.9. The summed E-state index contributed by atoms with van der Waals surface area (Å²) in [6.07, 6.45) is 0. The Morgan fingerprint density at radius 3 is 1.43 bits per heavy atom. The number of nitrogens with zero attached hydrogens (tertiary/aromatic N) is 4. The molecule has 10 aromatic carbocycles. The van der Waals surface area contributed by atoms with Crippen LogP contribution >= 0.6 is 0 Å². The van der Waals surface area contributed by atoms with Gasteiger partial charge in [-0.2, -0.15) is 0 Å². The number of hydrogen-bond donors (Lipinski definition) is 0. The molecule has 0 aliphatic carbocycles. The molecule has 68 heavy (non-hydrogen) atoms. The second-order valence-electron chi connectivity index (χ2n) is 17.1. The minimum absolute atomic E-state index is 0.570. The van der Waals surface area contributed by atoms with Gasteiger partial charge in [0.1, 0.15) is 11.2 Å². The first-order chi connectivity index (χ1) is 33.7. The lowest BCUT2D eigenvalue weighted by Gasteiger charge is -2.16. The minimum atomic E-state index is 0.570. The highest BCUT2D eigenvalue weighted by Gasteiger charge is 2.23. The summed E-state index contributed by atoms with van der Waals surface area (Å²) >= 11 is 0. The first-order valence-electron chi connectivity index (χ1n) is 22.9. The standard InChI is InChI=1S/C63H40N4O/c1-6-19-41(20-7-1)48-35-33-45(39-54(48)42-21-8-2-9-22-42)46-34-36-49(55(40-46)63-65-61(43-23-10-3-11-24-43)64-62(66-63)44-25-12-4-13-26-44)50-30-18-31-51-52-37-38-57-58(60(52)68-59(50)51)53-29-16-17-32-56(53)67(57)47-27-14-5-15-28-47/h1-40H. The van der Waals surface area contributed by atoms with E-state index in [-0.39, 0.29) is 0 Å². The number of benzene rings is 10. The Kier molecular flexibility index (Phi) is 9.43. The van der Waals surface area contributed by atoms with Gasteiger partial charge in [0.2, 0.25) is 0 Å². The summed E-state index contributed by atoms with van der Waals surface area (Å²) in [5.41, 5.74) is 16.4. The van der Waals surface area contributed by atoms with Crippen molar-refractivity contribution in [1.82, 2.24) is 19.5 Å². The molecular formula is C63H40N4O. The molecule has 3 aromatic heterocycles. The number of aromatic nitrogens is 4. The molecule has 0 saturated heterocycles. The summed E-state index contributed by atoms with van der Waals surface area (Å²) in [6, 6.07) is 85.1. The van der Waals surface area contributed by atoms with Crippen LogP contribution < -0.4 is 0 Å². The summed E-state index contributed by atoms with van der Waals surface area (Å²) < 4.78 is 9.59. The molecule has 0 aliphatic heterocycles. The maximum absolute atomic E-state index is 7.25. The molecule has 3 heterocycles. The van der Waals surface area contributed by atoms with E-state index < -0.39 is 0 Å². The van der Waals surface area contributed by atoms with Gasteiger partial charge in [-0.05, 0) is 81.4 Å². The number of para-hydroxylation sites is 3. The van der Waals surface area contributed by atoms with E-state index >= 15 is 0 Å². The fourth-order valence-corrected chi connectivity index (χ4v) is 9.90. The van der Waals surface area contributed by atoms with Gasteiger partial charge in [0.15, 0.2) is 17.5 Å². The molecule has 5 heteroatoms. The van der Waals surface area contributed by atoms with Crippen molar-refractivity contribution in [2.45, 2.75) is 0 Å². The van der Waals surface area contributed by atoms with Crippen LogP contribution in [0.2, 0.25) is 0 Å². The molecule has 318 valence electrons. The molecule has 0 N–H and O–H groups in total. The highest BCUT2D eigenvalue weighted by atomic mass is 16.3. The molecule has 0 aliphatic rings. The van der Waals surface area contributed by atoms with Crippen LogP contribution in [0, 0.1) is 0 Å². The quantitative estimate of drug-likeness (QED) is 0.153. The van der Waals surface area contributed by atoms with Crippen molar-refractivity contribution in [3.8, 4) is 84.4 Å². The Bertz CT molecular complexity index is 3940. The summed E-state index contributed by atoms with van der Waals surface area (Å²) in [5.74, 6) is 1.77. The van der Waals surface area contributed by atoms with E-state index in [4.69, 9.17) is 19.4 Å². The van der Waals surface area contributed by atoms with E-state index in [1.54, 1.807) is 0 Å². The Labute approximate surface area is 392 Å². The zero-order chi connectivity index (χ0) is 45.0. The van der Waals surface area contributed by atoms with Crippen LogP contribution in [0.1, 0.15) is 0 Å². The predicted octanol–water partition coefficient (Wildman–Crippen LogP) is 16.5. The first kappa shape index (κ1) is 39.2. The van der Waals surface area contributed by atoms with Gasteiger partial charge < -0.3 is 8.98 Å². The average Bonchev–Trinajstić information content (AvgIpc) is 3.98. The second-order valence-corrected chi connectivity index (χ2v) is 17.1. The summed E-state index contributed by atoms with van der Waals surface area (Å²) in [5, 5.41) is 4.34. The van der Waals surface area contributed by atoms with Crippen molar-refractivity contribution in [2.75, 3.05) is 0 Å².